The van der Waals surface area contributed by atoms with Crippen LogP contribution >= 0.6 is 27.7 Å². The summed E-state index contributed by atoms with van der Waals surface area (Å²) in [6.07, 6.45) is 3.20. The van der Waals surface area contributed by atoms with Gasteiger partial charge in [0.25, 0.3) is 5.91 Å². The Morgan fingerprint density at radius 1 is 1.19 bits per heavy atom. The molecule has 0 bridgehead atoms. The summed E-state index contributed by atoms with van der Waals surface area (Å²) in [6.45, 7) is 1.81. The highest BCUT2D eigenvalue weighted by Crippen LogP contribution is 2.45. The Balaban J connectivity index is 1.45. The minimum absolute atomic E-state index is 0.0549. The zero-order valence-corrected chi connectivity index (χ0v) is 16.6. The van der Waals surface area contributed by atoms with Crippen molar-refractivity contribution in [1.82, 2.24) is 9.80 Å². The first kappa shape index (κ1) is 17.7. The molecule has 0 N–H and O–H groups in total. The molecule has 2 aliphatic rings. The molecule has 4 rings (SSSR count). The van der Waals surface area contributed by atoms with Crippen molar-refractivity contribution in [2.45, 2.75) is 24.3 Å². The van der Waals surface area contributed by atoms with Crippen LogP contribution in [0.1, 0.15) is 29.0 Å². The summed E-state index contributed by atoms with van der Waals surface area (Å²) in [5.74, 6) is 1.51. The van der Waals surface area contributed by atoms with Crippen LogP contribution in [0, 0.1) is 0 Å². The van der Waals surface area contributed by atoms with Gasteiger partial charge in [-0.2, -0.15) is 0 Å². The molecule has 0 aliphatic carbocycles. The van der Waals surface area contributed by atoms with E-state index in [1.807, 2.05) is 46.2 Å². The third-order valence-electron chi connectivity index (χ3n) is 5.07. The second-order valence-electron chi connectivity index (χ2n) is 6.59. The molecule has 0 radical (unpaired) electrons. The van der Waals surface area contributed by atoms with Crippen LogP contribution in [0.4, 0.5) is 0 Å². The maximum atomic E-state index is 12.7. The summed E-state index contributed by atoms with van der Waals surface area (Å²) < 4.78 is 6.39. The van der Waals surface area contributed by atoms with E-state index in [4.69, 9.17) is 4.42 Å². The Labute approximate surface area is 164 Å². The number of benzene rings is 1. The quantitative estimate of drug-likeness (QED) is 0.737. The Kier molecular flexibility index (Phi) is 4.84. The minimum atomic E-state index is -0.222. The number of hydrogen-bond donors (Lipinski definition) is 0. The molecule has 1 aromatic heterocycles. The lowest BCUT2D eigenvalue weighted by Crippen LogP contribution is -2.52. The van der Waals surface area contributed by atoms with Gasteiger partial charge in [-0.25, -0.2) is 0 Å². The lowest BCUT2D eigenvalue weighted by Gasteiger charge is -2.43. The fourth-order valence-corrected chi connectivity index (χ4v) is 5.22. The summed E-state index contributed by atoms with van der Waals surface area (Å²) in [7, 11) is 0. The smallest absolute Gasteiger partial charge is 0.253 e. The van der Waals surface area contributed by atoms with E-state index in [0.717, 1.165) is 23.1 Å². The van der Waals surface area contributed by atoms with E-state index in [0.29, 0.717) is 31.0 Å². The summed E-state index contributed by atoms with van der Waals surface area (Å²) >= 11 is 5.10. The monoisotopic (exact) mass is 434 g/mol. The van der Waals surface area contributed by atoms with Gasteiger partial charge in [0.05, 0.1) is 23.4 Å². The highest BCUT2D eigenvalue weighted by molar-refractivity contribution is 9.10. The van der Waals surface area contributed by atoms with E-state index < -0.39 is 0 Å². The zero-order valence-electron chi connectivity index (χ0n) is 14.2. The number of hydrogen-bond acceptors (Lipinski definition) is 4. The van der Waals surface area contributed by atoms with Gasteiger partial charge in [-0.15, -0.1) is 11.8 Å². The molecule has 7 heteroatoms. The highest BCUT2D eigenvalue weighted by Gasteiger charge is 2.48. The van der Waals surface area contributed by atoms with E-state index in [1.165, 1.54) is 0 Å². The predicted octanol–water partition coefficient (Wildman–Crippen LogP) is 3.75. The second-order valence-corrected chi connectivity index (χ2v) is 8.85. The lowest BCUT2D eigenvalue weighted by atomic mass is 10.0. The molecule has 2 saturated heterocycles. The molecule has 1 aromatic carbocycles. The topological polar surface area (TPSA) is 53.8 Å². The zero-order chi connectivity index (χ0) is 18.1. The molecule has 3 heterocycles. The summed E-state index contributed by atoms with van der Waals surface area (Å²) in [5.41, 5.74) is 0.701. The van der Waals surface area contributed by atoms with Gasteiger partial charge in [0.15, 0.2) is 0 Å². The molecule has 0 unspecified atom stereocenters. The Morgan fingerprint density at radius 2 is 1.92 bits per heavy atom. The van der Waals surface area contributed by atoms with Gasteiger partial charge in [-0.3, -0.25) is 9.59 Å². The molecular formula is C19H19BrN2O3S. The van der Waals surface area contributed by atoms with E-state index in [2.05, 4.69) is 15.9 Å². The number of carbonyl (C=O) groups excluding carboxylic acids is 2. The van der Waals surface area contributed by atoms with E-state index in [1.54, 1.807) is 18.0 Å². The SMILES string of the molecule is O=C(c1ccc(Br)cc1)N1CCC2(CC1)SCC(=O)N2Cc1ccco1. The molecule has 26 heavy (non-hydrogen) atoms. The number of piperidine rings is 1. The van der Waals surface area contributed by atoms with Crippen LogP contribution in [-0.4, -0.2) is 45.3 Å². The lowest BCUT2D eigenvalue weighted by molar-refractivity contribution is -0.132. The molecule has 2 amide bonds. The molecule has 0 atom stereocenters. The van der Waals surface area contributed by atoms with Crippen LogP contribution in [-0.2, 0) is 11.3 Å². The van der Waals surface area contributed by atoms with Crippen molar-refractivity contribution in [1.29, 1.82) is 0 Å². The predicted molar refractivity (Wildman–Crippen MR) is 104 cm³/mol. The standard InChI is InChI=1S/C19H19BrN2O3S/c20-15-5-3-14(4-6-15)18(24)21-9-7-19(8-10-21)22(17(23)13-26-19)12-16-2-1-11-25-16/h1-6,11H,7-10,12-13H2. The van der Waals surface area contributed by atoms with Crippen LogP contribution in [0.5, 0.6) is 0 Å². The first-order valence-electron chi connectivity index (χ1n) is 8.59. The van der Waals surface area contributed by atoms with Crippen LogP contribution in [0.2, 0.25) is 0 Å². The molecule has 2 aromatic rings. The van der Waals surface area contributed by atoms with Crippen molar-refractivity contribution in [2.75, 3.05) is 18.8 Å². The number of furan rings is 1. The Bertz CT molecular complexity index is 799. The molecule has 2 fully saturated rings. The first-order valence-corrected chi connectivity index (χ1v) is 10.4. The summed E-state index contributed by atoms with van der Waals surface area (Å²) in [6, 6.07) is 11.2. The fraction of sp³-hybridized carbons (Fsp3) is 0.368. The van der Waals surface area contributed by atoms with Gasteiger partial charge >= 0.3 is 0 Å². The van der Waals surface area contributed by atoms with Gasteiger partial charge in [0, 0.05) is 23.1 Å². The molecule has 136 valence electrons. The van der Waals surface area contributed by atoms with Crippen LogP contribution < -0.4 is 0 Å². The number of amides is 2. The van der Waals surface area contributed by atoms with Crippen molar-refractivity contribution < 1.29 is 14.0 Å². The van der Waals surface area contributed by atoms with E-state index in [9.17, 15) is 9.59 Å². The maximum absolute atomic E-state index is 12.7. The molecule has 2 aliphatic heterocycles. The van der Waals surface area contributed by atoms with Crippen LogP contribution in [0.3, 0.4) is 0 Å². The number of thioether (sulfide) groups is 1. The molecule has 1 spiro atoms. The number of rotatable bonds is 3. The number of likely N-dealkylation sites (tertiary alicyclic amines) is 1. The minimum Gasteiger partial charge on any atom is -0.467 e. The average molecular weight is 435 g/mol. The second kappa shape index (κ2) is 7.12. The summed E-state index contributed by atoms with van der Waals surface area (Å²) in [4.78, 5) is 28.8. The van der Waals surface area contributed by atoms with Crippen LogP contribution in [0.15, 0.2) is 51.6 Å². The molecular weight excluding hydrogens is 416 g/mol. The fourth-order valence-electron chi connectivity index (χ4n) is 3.62. The Hall–Kier alpha value is -1.73. The van der Waals surface area contributed by atoms with Crippen LogP contribution in [0.25, 0.3) is 0 Å². The molecule has 5 nitrogen and oxygen atoms in total. The normalized spacial score (nSPS) is 19.3. The third kappa shape index (κ3) is 3.30. The van der Waals surface area contributed by atoms with Crippen molar-refractivity contribution in [3.05, 3.63) is 58.5 Å². The van der Waals surface area contributed by atoms with Gasteiger partial charge in [0.2, 0.25) is 5.91 Å². The van der Waals surface area contributed by atoms with Gasteiger partial charge in [-0.1, -0.05) is 15.9 Å². The molecule has 0 saturated carbocycles. The average Bonchev–Trinajstić information content (AvgIpc) is 3.27. The number of carbonyl (C=O) groups is 2. The highest BCUT2D eigenvalue weighted by atomic mass is 79.9. The third-order valence-corrected chi connectivity index (χ3v) is 7.16. The number of halogens is 1. The maximum Gasteiger partial charge on any atom is 0.253 e. The first-order chi connectivity index (χ1) is 12.6. The van der Waals surface area contributed by atoms with Gasteiger partial charge in [0.1, 0.15) is 5.76 Å². The van der Waals surface area contributed by atoms with Gasteiger partial charge < -0.3 is 14.2 Å². The Morgan fingerprint density at radius 3 is 2.58 bits per heavy atom. The van der Waals surface area contributed by atoms with Crippen molar-refractivity contribution >= 4 is 39.5 Å². The summed E-state index contributed by atoms with van der Waals surface area (Å²) in [5, 5.41) is 0. The van der Waals surface area contributed by atoms with Crippen molar-refractivity contribution in [3.63, 3.8) is 0 Å². The van der Waals surface area contributed by atoms with E-state index >= 15 is 0 Å². The van der Waals surface area contributed by atoms with Crippen molar-refractivity contribution in [3.8, 4) is 0 Å². The van der Waals surface area contributed by atoms with Gasteiger partial charge in [-0.05, 0) is 49.2 Å². The largest absolute Gasteiger partial charge is 0.467 e. The van der Waals surface area contributed by atoms with Crippen molar-refractivity contribution in [2.24, 2.45) is 0 Å². The van der Waals surface area contributed by atoms with E-state index in [-0.39, 0.29) is 16.7 Å². The number of nitrogens with zero attached hydrogens (tertiary/aromatic N) is 2.